The monoisotopic (exact) mass is 179 g/mol. The predicted molar refractivity (Wildman–Crippen MR) is 23.6 cm³/mol. The van der Waals surface area contributed by atoms with Gasteiger partial charge in [-0.3, -0.25) is 0 Å². The summed E-state index contributed by atoms with van der Waals surface area (Å²) < 4.78 is 4.62. The molecule has 3 heteroatoms. The SMILES string of the molecule is COCCCO.[Y]. The van der Waals surface area contributed by atoms with Crippen molar-refractivity contribution in [1.82, 2.24) is 0 Å². The Morgan fingerprint density at radius 3 is 2.29 bits per heavy atom. The standard InChI is InChI=1S/C4H10O2.Y/c1-6-4-2-3-5;/h5H,2-4H2,1H3;. The van der Waals surface area contributed by atoms with Crippen molar-refractivity contribution < 1.29 is 42.6 Å². The van der Waals surface area contributed by atoms with Gasteiger partial charge in [0.15, 0.2) is 0 Å². The van der Waals surface area contributed by atoms with Crippen molar-refractivity contribution in [2.75, 3.05) is 20.3 Å². The van der Waals surface area contributed by atoms with Crippen LogP contribution in [0.15, 0.2) is 0 Å². The average molecular weight is 179 g/mol. The molecule has 0 atom stereocenters. The molecule has 0 spiro atoms. The average Bonchev–Trinajstić information content (AvgIpc) is 1.61. The molecule has 0 saturated carbocycles. The number of ether oxygens (including phenoxy) is 1. The molecule has 0 aliphatic heterocycles. The van der Waals surface area contributed by atoms with E-state index in [1.165, 1.54) is 0 Å². The first-order valence-electron chi connectivity index (χ1n) is 2.01. The van der Waals surface area contributed by atoms with Gasteiger partial charge >= 0.3 is 0 Å². The van der Waals surface area contributed by atoms with Crippen molar-refractivity contribution in [2.45, 2.75) is 6.42 Å². The van der Waals surface area contributed by atoms with Gasteiger partial charge in [-0.1, -0.05) is 0 Å². The summed E-state index contributed by atoms with van der Waals surface area (Å²) in [6, 6.07) is 0. The Kier molecular flexibility index (Phi) is 15.7. The van der Waals surface area contributed by atoms with Gasteiger partial charge < -0.3 is 9.84 Å². The van der Waals surface area contributed by atoms with E-state index in [1.807, 2.05) is 0 Å². The zero-order valence-corrected chi connectivity index (χ0v) is 7.39. The van der Waals surface area contributed by atoms with Gasteiger partial charge in [-0.25, -0.2) is 0 Å². The van der Waals surface area contributed by atoms with Gasteiger partial charge in [0.1, 0.15) is 0 Å². The van der Waals surface area contributed by atoms with Gasteiger partial charge in [0.25, 0.3) is 0 Å². The third kappa shape index (κ3) is 10.9. The van der Waals surface area contributed by atoms with Crippen LogP contribution in [0.4, 0.5) is 0 Å². The Morgan fingerprint density at radius 2 is 2.14 bits per heavy atom. The zero-order valence-electron chi connectivity index (χ0n) is 4.55. The topological polar surface area (TPSA) is 29.5 Å². The van der Waals surface area contributed by atoms with Crippen molar-refractivity contribution in [3.05, 3.63) is 0 Å². The van der Waals surface area contributed by atoms with Crippen LogP contribution in [0.1, 0.15) is 6.42 Å². The molecule has 0 aromatic rings. The van der Waals surface area contributed by atoms with Crippen LogP contribution in [-0.4, -0.2) is 25.4 Å². The van der Waals surface area contributed by atoms with Crippen molar-refractivity contribution in [2.24, 2.45) is 0 Å². The van der Waals surface area contributed by atoms with E-state index in [4.69, 9.17) is 5.11 Å². The second-order valence-electron chi connectivity index (χ2n) is 1.07. The van der Waals surface area contributed by atoms with Crippen LogP contribution in [0.5, 0.6) is 0 Å². The van der Waals surface area contributed by atoms with E-state index in [0.29, 0.717) is 6.61 Å². The summed E-state index contributed by atoms with van der Waals surface area (Å²) in [5.41, 5.74) is 0. The molecule has 2 nitrogen and oxygen atoms in total. The fourth-order valence-electron chi connectivity index (χ4n) is 0.209. The summed E-state index contributed by atoms with van der Waals surface area (Å²) >= 11 is 0. The maximum absolute atomic E-state index is 8.12. The summed E-state index contributed by atoms with van der Waals surface area (Å²) in [7, 11) is 1.62. The van der Waals surface area contributed by atoms with Gasteiger partial charge in [-0.2, -0.15) is 0 Å². The molecule has 1 radical (unpaired) electrons. The van der Waals surface area contributed by atoms with E-state index in [0.717, 1.165) is 6.42 Å². The van der Waals surface area contributed by atoms with Gasteiger partial charge in [0.05, 0.1) is 0 Å². The quantitative estimate of drug-likeness (QED) is 0.618. The van der Waals surface area contributed by atoms with Gasteiger partial charge in [0, 0.05) is 53.0 Å². The van der Waals surface area contributed by atoms with E-state index in [1.54, 1.807) is 7.11 Å². The van der Waals surface area contributed by atoms with Crippen LogP contribution < -0.4 is 0 Å². The van der Waals surface area contributed by atoms with E-state index >= 15 is 0 Å². The molecule has 0 bridgehead atoms. The summed E-state index contributed by atoms with van der Waals surface area (Å²) in [5.74, 6) is 0. The zero-order chi connectivity index (χ0) is 4.83. The number of aliphatic hydroxyl groups is 1. The van der Waals surface area contributed by atoms with E-state index in [-0.39, 0.29) is 39.3 Å². The Hall–Kier alpha value is 1.02. The second-order valence-corrected chi connectivity index (χ2v) is 1.07. The molecule has 0 aromatic carbocycles. The van der Waals surface area contributed by atoms with Gasteiger partial charge in [-0.05, 0) is 6.42 Å². The van der Waals surface area contributed by atoms with Crippen molar-refractivity contribution >= 4 is 0 Å². The Balaban J connectivity index is 0. The fourth-order valence-corrected chi connectivity index (χ4v) is 0.209. The van der Waals surface area contributed by atoms with Gasteiger partial charge in [0.2, 0.25) is 0 Å². The summed E-state index contributed by atoms with van der Waals surface area (Å²) in [5, 5.41) is 8.12. The van der Waals surface area contributed by atoms with Crippen molar-refractivity contribution in [3.8, 4) is 0 Å². The fraction of sp³-hybridized carbons (Fsp3) is 1.00. The van der Waals surface area contributed by atoms with Crippen LogP contribution in [-0.2, 0) is 37.4 Å². The molecule has 0 heterocycles. The molecule has 0 unspecified atom stereocenters. The Morgan fingerprint density at radius 1 is 1.57 bits per heavy atom. The molecule has 0 rings (SSSR count). The third-order valence-electron chi connectivity index (χ3n) is 0.507. The van der Waals surface area contributed by atoms with Crippen molar-refractivity contribution in [1.29, 1.82) is 0 Å². The number of rotatable bonds is 3. The largest absolute Gasteiger partial charge is 0.396 e. The maximum atomic E-state index is 8.12. The summed E-state index contributed by atoms with van der Waals surface area (Å²) in [6.45, 7) is 0.893. The number of hydrogen-bond donors (Lipinski definition) is 1. The number of methoxy groups -OCH3 is 1. The Labute approximate surface area is 69.1 Å². The maximum Gasteiger partial charge on any atom is 0.0484 e. The molecule has 7 heavy (non-hydrogen) atoms. The van der Waals surface area contributed by atoms with Gasteiger partial charge in [-0.15, -0.1) is 0 Å². The molecule has 1 N–H and O–H groups in total. The van der Waals surface area contributed by atoms with E-state index in [9.17, 15) is 0 Å². The predicted octanol–water partition coefficient (Wildman–Crippen LogP) is 0.0127. The van der Waals surface area contributed by atoms with Crippen LogP contribution in [0.3, 0.4) is 0 Å². The first-order chi connectivity index (χ1) is 2.91. The molecule has 0 amide bonds. The molecule has 0 aromatic heterocycles. The van der Waals surface area contributed by atoms with Crippen LogP contribution in [0.2, 0.25) is 0 Å². The first kappa shape index (κ1) is 10.9. The third-order valence-corrected chi connectivity index (χ3v) is 0.507. The summed E-state index contributed by atoms with van der Waals surface area (Å²) in [6.07, 6.45) is 0.747. The number of hydrogen-bond acceptors (Lipinski definition) is 2. The minimum Gasteiger partial charge on any atom is -0.396 e. The molecular formula is C4H10O2Y. The second kappa shape index (κ2) is 10.1. The van der Waals surface area contributed by atoms with E-state index in [2.05, 4.69) is 4.74 Å². The van der Waals surface area contributed by atoms with Crippen LogP contribution >= 0.6 is 0 Å². The minimum absolute atomic E-state index is 0. The smallest absolute Gasteiger partial charge is 0.0484 e. The minimum atomic E-state index is 0. The molecule has 0 aliphatic rings. The molecule has 0 aliphatic carbocycles. The van der Waals surface area contributed by atoms with Crippen molar-refractivity contribution in [3.63, 3.8) is 0 Å². The molecule has 41 valence electrons. The molecule has 0 fully saturated rings. The Bertz CT molecular complexity index is 21.7. The van der Waals surface area contributed by atoms with E-state index < -0.39 is 0 Å². The summed E-state index contributed by atoms with van der Waals surface area (Å²) in [4.78, 5) is 0. The molecular weight excluding hydrogens is 169 g/mol. The van der Waals surface area contributed by atoms with Crippen LogP contribution in [0, 0.1) is 0 Å². The van der Waals surface area contributed by atoms with Crippen LogP contribution in [0.25, 0.3) is 0 Å². The first-order valence-corrected chi connectivity index (χ1v) is 2.01. The molecule has 0 saturated heterocycles. The normalized spacial score (nSPS) is 7.71. The number of aliphatic hydroxyl groups excluding tert-OH is 1.